The van der Waals surface area contributed by atoms with Gasteiger partial charge in [-0.1, -0.05) is 12.1 Å². The van der Waals surface area contributed by atoms with Crippen LogP contribution in [0.4, 0.5) is 17.1 Å². The van der Waals surface area contributed by atoms with E-state index in [1.54, 1.807) is 18.2 Å². The highest BCUT2D eigenvalue weighted by atomic mass is 16.6. The van der Waals surface area contributed by atoms with Gasteiger partial charge in [-0.3, -0.25) is 29.4 Å². The third kappa shape index (κ3) is 2.97. The number of nitro benzene ring substituents is 1. The van der Waals surface area contributed by atoms with Gasteiger partial charge < -0.3 is 10.1 Å². The molecule has 0 bridgehead atoms. The molecule has 132 valence electrons. The van der Waals surface area contributed by atoms with Crippen LogP contribution in [0, 0.1) is 10.1 Å². The molecule has 0 radical (unpaired) electrons. The van der Waals surface area contributed by atoms with Gasteiger partial charge in [0.1, 0.15) is 12.3 Å². The molecule has 2 amide bonds. The number of nitrogens with one attached hydrogen (secondary N) is 1. The summed E-state index contributed by atoms with van der Waals surface area (Å²) in [5.41, 5.74) is 0.457. The highest BCUT2D eigenvalue weighted by molar-refractivity contribution is 6.52. The molecular weight excluding hydrogens is 342 g/mol. The van der Waals surface area contributed by atoms with Gasteiger partial charge in [0, 0.05) is 12.1 Å². The van der Waals surface area contributed by atoms with E-state index in [0.717, 1.165) is 11.0 Å². The molecule has 1 heterocycles. The molecule has 0 spiro atoms. The Kier molecular flexibility index (Phi) is 4.36. The second kappa shape index (κ2) is 6.63. The lowest BCUT2D eigenvalue weighted by Crippen LogP contribution is -2.37. The van der Waals surface area contributed by atoms with E-state index in [-0.39, 0.29) is 22.7 Å². The molecule has 0 fully saturated rings. The van der Waals surface area contributed by atoms with Gasteiger partial charge >= 0.3 is 0 Å². The SMILES string of the molecule is COc1ccc([N+](=O)[O-])cc1NC(=O)CN1C(=O)C(=O)c2ccccc21. The zero-order valence-electron chi connectivity index (χ0n) is 13.6. The molecule has 0 aliphatic carbocycles. The van der Waals surface area contributed by atoms with Gasteiger partial charge in [-0.25, -0.2) is 0 Å². The van der Waals surface area contributed by atoms with E-state index in [4.69, 9.17) is 4.74 Å². The number of benzene rings is 2. The Morgan fingerprint density at radius 3 is 2.65 bits per heavy atom. The van der Waals surface area contributed by atoms with Crippen molar-refractivity contribution in [3.8, 4) is 5.75 Å². The van der Waals surface area contributed by atoms with Crippen LogP contribution in [-0.2, 0) is 9.59 Å². The third-order valence-electron chi connectivity index (χ3n) is 3.85. The van der Waals surface area contributed by atoms with Gasteiger partial charge in [0.2, 0.25) is 5.91 Å². The van der Waals surface area contributed by atoms with Crippen molar-refractivity contribution in [2.24, 2.45) is 0 Å². The largest absolute Gasteiger partial charge is 0.495 e. The van der Waals surface area contributed by atoms with E-state index in [9.17, 15) is 24.5 Å². The first-order valence-electron chi connectivity index (χ1n) is 7.50. The normalized spacial score (nSPS) is 12.7. The molecule has 0 atom stereocenters. The summed E-state index contributed by atoms with van der Waals surface area (Å²) in [6.45, 7) is -0.409. The smallest absolute Gasteiger partial charge is 0.299 e. The van der Waals surface area contributed by atoms with Gasteiger partial charge in [0.15, 0.2) is 0 Å². The molecule has 2 aromatic rings. The van der Waals surface area contributed by atoms with Crippen LogP contribution in [0.3, 0.4) is 0 Å². The van der Waals surface area contributed by atoms with Gasteiger partial charge in [0.05, 0.1) is 29.0 Å². The minimum absolute atomic E-state index is 0.0953. The van der Waals surface area contributed by atoms with Gasteiger partial charge in [-0.2, -0.15) is 0 Å². The number of nitro groups is 1. The highest BCUT2D eigenvalue weighted by Gasteiger charge is 2.36. The molecule has 1 aliphatic rings. The Balaban J connectivity index is 1.82. The summed E-state index contributed by atoms with van der Waals surface area (Å²) < 4.78 is 5.07. The van der Waals surface area contributed by atoms with E-state index in [1.165, 1.54) is 25.3 Å². The predicted molar refractivity (Wildman–Crippen MR) is 91.4 cm³/mol. The van der Waals surface area contributed by atoms with Gasteiger partial charge in [-0.05, 0) is 18.2 Å². The summed E-state index contributed by atoms with van der Waals surface area (Å²) >= 11 is 0. The fraction of sp³-hybridized carbons (Fsp3) is 0.118. The topological polar surface area (TPSA) is 119 Å². The lowest BCUT2D eigenvalue weighted by Gasteiger charge is -2.16. The number of hydrogen-bond acceptors (Lipinski definition) is 6. The molecule has 26 heavy (non-hydrogen) atoms. The van der Waals surface area contributed by atoms with Crippen molar-refractivity contribution in [1.82, 2.24) is 0 Å². The molecule has 0 saturated carbocycles. The Morgan fingerprint density at radius 1 is 1.23 bits per heavy atom. The van der Waals surface area contributed by atoms with Gasteiger partial charge in [-0.15, -0.1) is 0 Å². The van der Waals surface area contributed by atoms with Crippen molar-refractivity contribution < 1.29 is 24.0 Å². The first kappa shape index (κ1) is 17.1. The number of ether oxygens (including phenoxy) is 1. The molecule has 1 aliphatic heterocycles. The maximum atomic E-state index is 12.3. The first-order chi connectivity index (χ1) is 12.4. The number of carbonyl (C=O) groups is 3. The van der Waals surface area contributed by atoms with E-state index in [1.807, 2.05) is 0 Å². The lowest BCUT2D eigenvalue weighted by atomic mass is 10.1. The number of non-ortho nitro benzene ring substituents is 1. The number of anilines is 2. The Labute approximate surface area is 147 Å². The van der Waals surface area contributed by atoms with Crippen LogP contribution in [0.5, 0.6) is 5.75 Å². The average molecular weight is 355 g/mol. The van der Waals surface area contributed by atoms with E-state index in [0.29, 0.717) is 5.69 Å². The summed E-state index contributed by atoms with van der Waals surface area (Å²) in [5.74, 6) is -1.87. The van der Waals surface area contributed by atoms with Crippen molar-refractivity contribution in [1.29, 1.82) is 0 Å². The first-order valence-corrected chi connectivity index (χ1v) is 7.50. The van der Waals surface area contributed by atoms with Crippen LogP contribution in [0.2, 0.25) is 0 Å². The number of amides is 2. The van der Waals surface area contributed by atoms with E-state index in [2.05, 4.69) is 5.32 Å². The fourth-order valence-electron chi connectivity index (χ4n) is 2.65. The van der Waals surface area contributed by atoms with Crippen LogP contribution in [0.25, 0.3) is 0 Å². The number of Topliss-reactive ketones (excluding diaryl/α,β-unsaturated/α-hetero) is 1. The highest BCUT2D eigenvalue weighted by Crippen LogP contribution is 2.30. The van der Waals surface area contributed by atoms with Crippen molar-refractivity contribution >= 4 is 34.7 Å². The second-order valence-electron chi connectivity index (χ2n) is 5.43. The summed E-state index contributed by atoms with van der Waals surface area (Å²) in [7, 11) is 1.36. The zero-order chi connectivity index (χ0) is 18.8. The fourth-order valence-corrected chi connectivity index (χ4v) is 2.65. The molecule has 9 nitrogen and oxygen atoms in total. The van der Waals surface area contributed by atoms with Crippen molar-refractivity contribution in [2.45, 2.75) is 0 Å². The molecule has 0 saturated heterocycles. The monoisotopic (exact) mass is 355 g/mol. The van der Waals surface area contributed by atoms with Crippen LogP contribution >= 0.6 is 0 Å². The lowest BCUT2D eigenvalue weighted by molar-refractivity contribution is -0.384. The number of carbonyl (C=O) groups excluding carboxylic acids is 3. The number of ketones is 1. The number of methoxy groups -OCH3 is 1. The van der Waals surface area contributed by atoms with Crippen molar-refractivity contribution in [3.63, 3.8) is 0 Å². The number of rotatable bonds is 5. The van der Waals surface area contributed by atoms with E-state index < -0.39 is 29.1 Å². The van der Waals surface area contributed by atoms with Gasteiger partial charge in [0.25, 0.3) is 17.4 Å². The molecule has 9 heteroatoms. The minimum Gasteiger partial charge on any atom is -0.495 e. The summed E-state index contributed by atoms with van der Waals surface area (Å²) in [6.07, 6.45) is 0. The minimum atomic E-state index is -0.799. The maximum Gasteiger partial charge on any atom is 0.299 e. The number of hydrogen-bond donors (Lipinski definition) is 1. The van der Waals surface area contributed by atoms with Crippen LogP contribution in [0.1, 0.15) is 10.4 Å². The summed E-state index contributed by atoms with van der Waals surface area (Å²) in [5, 5.41) is 13.4. The quantitative estimate of drug-likeness (QED) is 0.496. The second-order valence-corrected chi connectivity index (χ2v) is 5.43. The summed E-state index contributed by atoms with van der Waals surface area (Å²) in [6, 6.07) is 10.1. The van der Waals surface area contributed by atoms with Crippen molar-refractivity contribution in [2.75, 3.05) is 23.9 Å². The molecule has 1 N–H and O–H groups in total. The van der Waals surface area contributed by atoms with Crippen LogP contribution < -0.4 is 15.0 Å². The standard InChI is InChI=1S/C17H13N3O6/c1-26-14-7-6-10(20(24)25)8-12(14)18-15(21)9-19-13-5-3-2-4-11(13)16(22)17(19)23/h2-8H,9H2,1H3,(H,18,21). The van der Waals surface area contributed by atoms with Crippen LogP contribution in [0.15, 0.2) is 42.5 Å². The Morgan fingerprint density at radius 2 is 1.96 bits per heavy atom. The maximum absolute atomic E-state index is 12.3. The third-order valence-corrected chi connectivity index (χ3v) is 3.85. The number of para-hydroxylation sites is 1. The summed E-state index contributed by atoms with van der Waals surface area (Å²) in [4.78, 5) is 47.7. The molecular formula is C17H13N3O6. The molecule has 3 rings (SSSR count). The van der Waals surface area contributed by atoms with Crippen LogP contribution in [-0.4, -0.2) is 36.2 Å². The molecule has 2 aromatic carbocycles. The van der Waals surface area contributed by atoms with Crippen molar-refractivity contribution in [3.05, 3.63) is 58.1 Å². The molecule has 0 aromatic heterocycles. The number of nitrogens with zero attached hydrogens (tertiary/aromatic N) is 2. The molecule has 0 unspecified atom stereocenters. The van der Waals surface area contributed by atoms with E-state index >= 15 is 0 Å². The Bertz CT molecular complexity index is 940. The number of fused-ring (bicyclic) bond motifs is 1. The zero-order valence-corrected chi connectivity index (χ0v) is 13.6. The Hall–Kier alpha value is -3.75. The average Bonchev–Trinajstić information content (AvgIpc) is 2.87. The predicted octanol–water partition coefficient (Wildman–Crippen LogP) is 1.77.